The topological polar surface area (TPSA) is 70.3 Å². The van der Waals surface area contributed by atoms with E-state index in [-0.39, 0.29) is 4.90 Å². The molecule has 0 fully saturated rings. The van der Waals surface area contributed by atoms with E-state index in [1.807, 2.05) is 24.3 Å². The van der Waals surface area contributed by atoms with Crippen molar-refractivity contribution in [3.63, 3.8) is 0 Å². The second kappa shape index (κ2) is 10.4. The number of allylic oxidation sites excluding steroid dienone is 3. The third kappa shape index (κ3) is 6.56. The van der Waals surface area contributed by atoms with E-state index < -0.39 is 10.1 Å². The van der Waals surface area contributed by atoms with E-state index in [9.17, 15) is 13.0 Å². The summed E-state index contributed by atoms with van der Waals surface area (Å²) in [6.45, 7) is 12.0. The first-order valence-corrected chi connectivity index (χ1v) is 13.5. The van der Waals surface area contributed by atoms with E-state index >= 15 is 0 Å². The van der Waals surface area contributed by atoms with Crippen molar-refractivity contribution in [1.29, 1.82) is 0 Å². The minimum absolute atomic E-state index is 0.178. The van der Waals surface area contributed by atoms with Crippen LogP contribution in [-0.4, -0.2) is 20.1 Å². The molecule has 0 N–H and O–H groups in total. The molecule has 3 aromatic rings. The number of hydrogen-bond donors (Lipinski definition) is 0. The lowest BCUT2D eigenvalue weighted by molar-refractivity contribution is -0.665. The third-order valence-electron chi connectivity index (χ3n) is 5.74. The monoisotopic (exact) mass is 499 g/mol. The van der Waals surface area contributed by atoms with E-state index in [2.05, 4.69) is 56.5 Å². The molecule has 1 aromatic heterocycles. The zero-order valence-corrected chi connectivity index (χ0v) is 22.3. The van der Waals surface area contributed by atoms with E-state index in [0.29, 0.717) is 5.41 Å². The van der Waals surface area contributed by atoms with Crippen molar-refractivity contribution in [2.75, 3.05) is 7.11 Å². The second-order valence-electron chi connectivity index (χ2n) is 9.51. The molecule has 0 saturated heterocycles. The SMILES string of the molecule is CC[n+]1c(/C=C2\C=C(C)CC(C)(C)C2)sc2ccc(OC)cc21.Cc1ccc(S(=O)(=O)[O-])cc1. The summed E-state index contributed by atoms with van der Waals surface area (Å²) >= 11 is 1.86. The fourth-order valence-electron chi connectivity index (χ4n) is 4.39. The Morgan fingerprint density at radius 3 is 2.35 bits per heavy atom. The van der Waals surface area contributed by atoms with Gasteiger partial charge in [-0.25, -0.2) is 8.42 Å². The molecule has 1 aliphatic carbocycles. The summed E-state index contributed by atoms with van der Waals surface area (Å²) in [7, 11) is -2.54. The number of ether oxygens (including phenoxy) is 1. The van der Waals surface area contributed by atoms with Crippen LogP contribution in [0.2, 0.25) is 0 Å². The molecule has 0 saturated carbocycles. The van der Waals surface area contributed by atoms with E-state index in [0.717, 1.165) is 24.3 Å². The summed E-state index contributed by atoms with van der Waals surface area (Å²) < 4.78 is 40.3. The van der Waals surface area contributed by atoms with Crippen LogP contribution in [0.5, 0.6) is 5.75 Å². The van der Waals surface area contributed by atoms with Crippen molar-refractivity contribution in [3.8, 4) is 5.75 Å². The molecule has 5 nitrogen and oxygen atoms in total. The Hall–Kier alpha value is -2.48. The highest BCUT2D eigenvalue weighted by atomic mass is 32.2. The Morgan fingerprint density at radius 1 is 1.12 bits per heavy atom. The summed E-state index contributed by atoms with van der Waals surface area (Å²) in [4.78, 5) is -0.178. The van der Waals surface area contributed by atoms with E-state index in [1.165, 1.54) is 44.9 Å². The molecule has 0 bridgehead atoms. The van der Waals surface area contributed by atoms with Gasteiger partial charge in [0.2, 0.25) is 5.52 Å². The lowest BCUT2D eigenvalue weighted by atomic mass is 9.75. The van der Waals surface area contributed by atoms with Crippen molar-refractivity contribution >= 4 is 37.7 Å². The molecule has 0 aliphatic heterocycles. The molecule has 34 heavy (non-hydrogen) atoms. The number of methoxy groups -OCH3 is 1. The van der Waals surface area contributed by atoms with Crippen LogP contribution in [0, 0.1) is 12.3 Å². The Balaban J connectivity index is 0.000000248. The average Bonchev–Trinajstić information content (AvgIpc) is 3.08. The van der Waals surface area contributed by atoms with E-state index in [1.54, 1.807) is 19.2 Å². The summed E-state index contributed by atoms with van der Waals surface area (Å²) in [6.07, 6.45) is 7.09. The molecule has 0 amide bonds. The Morgan fingerprint density at radius 2 is 1.79 bits per heavy atom. The van der Waals surface area contributed by atoms with Gasteiger partial charge in [0.25, 0.3) is 5.01 Å². The normalized spacial score (nSPS) is 16.7. The molecule has 182 valence electrons. The number of fused-ring (bicyclic) bond motifs is 1. The average molecular weight is 500 g/mol. The first-order chi connectivity index (χ1) is 15.9. The van der Waals surface area contributed by atoms with Gasteiger partial charge in [-0.2, -0.15) is 4.57 Å². The largest absolute Gasteiger partial charge is 0.744 e. The molecule has 0 radical (unpaired) electrons. The van der Waals surface area contributed by atoms with Crippen LogP contribution in [0.25, 0.3) is 16.3 Å². The maximum atomic E-state index is 10.4. The number of rotatable bonds is 4. The lowest BCUT2D eigenvalue weighted by Gasteiger charge is -2.29. The molecule has 1 heterocycles. The first-order valence-electron chi connectivity index (χ1n) is 11.3. The molecular formula is C27H33NO4S2. The van der Waals surface area contributed by atoms with Crippen LogP contribution < -0.4 is 9.30 Å². The first kappa shape index (κ1) is 26.1. The van der Waals surface area contributed by atoms with Crippen molar-refractivity contribution in [3.05, 3.63) is 70.3 Å². The van der Waals surface area contributed by atoms with Gasteiger partial charge >= 0.3 is 0 Å². The van der Waals surface area contributed by atoms with Crippen LogP contribution in [0.1, 0.15) is 51.1 Å². The van der Waals surface area contributed by atoms with Crippen LogP contribution in [-0.2, 0) is 16.7 Å². The highest BCUT2D eigenvalue weighted by Gasteiger charge is 2.25. The fraction of sp³-hybridized carbons (Fsp3) is 0.370. The summed E-state index contributed by atoms with van der Waals surface area (Å²) in [6, 6.07) is 12.1. The zero-order valence-electron chi connectivity index (χ0n) is 20.7. The van der Waals surface area contributed by atoms with Gasteiger partial charge < -0.3 is 9.29 Å². The number of hydrogen-bond acceptors (Lipinski definition) is 5. The third-order valence-corrected chi connectivity index (χ3v) is 7.71. The molecule has 0 atom stereocenters. The highest BCUT2D eigenvalue weighted by molar-refractivity contribution is 7.85. The van der Waals surface area contributed by atoms with Gasteiger partial charge in [0.15, 0.2) is 0 Å². The predicted octanol–water partition coefficient (Wildman–Crippen LogP) is 6.27. The molecule has 4 rings (SSSR count). The smallest absolute Gasteiger partial charge is 0.263 e. The van der Waals surface area contributed by atoms with Crippen LogP contribution in [0.3, 0.4) is 0 Å². The predicted molar refractivity (Wildman–Crippen MR) is 138 cm³/mol. The minimum Gasteiger partial charge on any atom is -0.744 e. The van der Waals surface area contributed by atoms with Gasteiger partial charge in [-0.1, -0.05) is 54.5 Å². The molecule has 0 unspecified atom stereocenters. The number of benzene rings is 2. The van der Waals surface area contributed by atoms with Crippen molar-refractivity contribution in [1.82, 2.24) is 0 Å². The maximum Gasteiger partial charge on any atom is 0.263 e. The van der Waals surface area contributed by atoms with Crippen molar-refractivity contribution < 1.29 is 22.3 Å². The van der Waals surface area contributed by atoms with Gasteiger partial charge in [0.05, 0.1) is 18.1 Å². The van der Waals surface area contributed by atoms with Crippen LogP contribution in [0.15, 0.2) is 64.6 Å². The molecule has 2 aromatic carbocycles. The van der Waals surface area contributed by atoms with Gasteiger partial charge in [0, 0.05) is 6.08 Å². The van der Waals surface area contributed by atoms with Crippen molar-refractivity contribution in [2.45, 2.75) is 58.9 Å². The summed E-state index contributed by atoms with van der Waals surface area (Å²) in [5.41, 5.74) is 5.48. The highest BCUT2D eigenvalue weighted by Crippen LogP contribution is 2.38. The quantitative estimate of drug-likeness (QED) is 0.313. The summed E-state index contributed by atoms with van der Waals surface area (Å²) in [5, 5.41) is 1.33. The molecule has 1 aliphatic rings. The second-order valence-corrected chi connectivity index (χ2v) is 12.0. The fourth-order valence-corrected chi connectivity index (χ4v) is 6.04. The number of thiazole rings is 1. The molecule has 7 heteroatoms. The Bertz CT molecular complexity index is 1330. The number of aryl methyl sites for hydroxylation is 2. The van der Waals surface area contributed by atoms with Crippen molar-refractivity contribution in [2.24, 2.45) is 5.41 Å². The molecule has 0 spiro atoms. The molecular weight excluding hydrogens is 466 g/mol. The standard InChI is InChI=1S/C20H26NOS.C7H8O3S/c1-6-21-17-11-16(22-5)7-8-18(17)23-19(21)10-15-9-14(2)12-20(3,4)13-15;1-6-2-4-7(5-3-6)11(8,9)10/h7-11H,6,12-13H2,1-5H3;2-5H,1H3,(H,8,9,10)/q+1;/p-1/b15-10+;. The Kier molecular flexibility index (Phi) is 8.01. The Labute approximate surface area is 207 Å². The zero-order chi connectivity index (χ0) is 25.1. The lowest BCUT2D eigenvalue weighted by Crippen LogP contribution is -2.33. The van der Waals surface area contributed by atoms with Crippen LogP contribution >= 0.6 is 11.3 Å². The summed E-state index contributed by atoms with van der Waals surface area (Å²) in [5.74, 6) is 0.922. The number of nitrogens with zero attached hydrogens (tertiary/aromatic N) is 1. The van der Waals surface area contributed by atoms with Gasteiger partial charge in [-0.3, -0.25) is 0 Å². The number of aromatic nitrogens is 1. The minimum atomic E-state index is -4.27. The van der Waals surface area contributed by atoms with Gasteiger partial charge in [-0.05, 0) is 68.9 Å². The maximum absolute atomic E-state index is 10.4. The van der Waals surface area contributed by atoms with Gasteiger partial charge in [-0.15, -0.1) is 0 Å². The van der Waals surface area contributed by atoms with Gasteiger partial charge in [0.1, 0.15) is 27.1 Å². The van der Waals surface area contributed by atoms with E-state index in [4.69, 9.17) is 4.74 Å². The van der Waals surface area contributed by atoms with Crippen LogP contribution in [0.4, 0.5) is 0 Å².